The molecule has 0 saturated carbocycles. The normalized spacial score (nSPS) is 15.3. The van der Waals surface area contributed by atoms with Crippen LogP contribution in [0.3, 0.4) is 0 Å². The van der Waals surface area contributed by atoms with Gasteiger partial charge in [-0.2, -0.15) is 13.2 Å². The van der Waals surface area contributed by atoms with Gasteiger partial charge in [0.05, 0.1) is 16.8 Å². The van der Waals surface area contributed by atoms with Crippen molar-refractivity contribution in [2.75, 3.05) is 31.1 Å². The average molecular weight is 376 g/mol. The molecule has 2 heterocycles. The molecule has 0 radical (unpaired) electrons. The molecule has 4 nitrogen and oxygen atoms in total. The lowest BCUT2D eigenvalue weighted by Crippen LogP contribution is -2.44. The molecule has 1 fully saturated rings. The lowest BCUT2D eigenvalue weighted by atomic mass is 10.0. The number of anilines is 1. The second-order valence-corrected chi connectivity index (χ2v) is 6.31. The Morgan fingerprint density at radius 1 is 0.963 bits per heavy atom. The number of alkyl halides is 3. The monoisotopic (exact) mass is 376 g/mol. The first-order valence-corrected chi connectivity index (χ1v) is 8.53. The summed E-state index contributed by atoms with van der Waals surface area (Å²) in [5, 5.41) is 3.58. The van der Waals surface area contributed by atoms with Gasteiger partial charge in [-0.05, 0) is 18.2 Å². The Morgan fingerprint density at radius 2 is 1.70 bits per heavy atom. The van der Waals surface area contributed by atoms with E-state index in [1.807, 2.05) is 4.90 Å². The maximum absolute atomic E-state index is 13.7. The second kappa shape index (κ2) is 6.77. The molecule has 0 atom stereocenters. The summed E-state index contributed by atoms with van der Waals surface area (Å²) >= 11 is 0. The zero-order valence-electron chi connectivity index (χ0n) is 14.2. The Kier molecular flexibility index (Phi) is 4.43. The summed E-state index contributed by atoms with van der Waals surface area (Å²) in [6, 6.07) is 9.14. The van der Waals surface area contributed by atoms with Gasteiger partial charge in [-0.25, -0.2) is 14.4 Å². The van der Waals surface area contributed by atoms with E-state index in [9.17, 15) is 17.6 Å². The predicted octanol–water partition coefficient (Wildman–Crippen LogP) is 3.86. The maximum atomic E-state index is 13.7. The average Bonchev–Trinajstić information content (AvgIpc) is 2.67. The first-order valence-electron chi connectivity index (χ1n) is 8.53. The maximum Gasteiger partial charge on any atom is 0.417 e. The molecule has 1 N–H and O–H groups in total. The first kappa shape index (κ1) is 17.7. The molecule has 0 unspecified atom stereocenters. The molecule has 0 aliphatic carbocycles. The third kappa shape index (κ3) is 3.44. The van der Waals surface area contributed by atoms with Crippen LogP contribution in [0, 0.1) is 5.82 Å². The van der Waals surface area contributed by atoms with E-state index in [4.69, 9.17) is 0 Å². The molecule has 140 valence electrons. The van der Waals surface area contributed by atoms with Crippen LogP contribution >= 0.6 is 0 Å². The number of nitrogens with zero attached hydrogens (tertiary/aromatic N) is 3. The van der Waals surface area contributed by atoms with Crippen LogP contribution in [0.4, 0.5) is 23.5 Å². The molecule has 2 aromatic carbocycles. The number of piperazine rings is 1. The fraction of sp³-hybridized carbons (Fsp3) is 0.263. The van der Waals surface area contributed by atoms with E-state index in [2.05, 4.69) is 15.3 Å². The minimum Gasteiger partial charge on any atom is -0.338 e. The van der Waals surface area contributed by atoms with E-state index in [1.165, 1.54) is 36.4 Å². The zero-order chi connectivity index (χ0) is 19.0. The van der Waals surface area contributed by atoms with Crippen molar-refractivity contribution in [3.63, 3.8) is 0 Å². The number of fused-ring (bicyclic) bond motifs is 1. The van der Waals surface area contributed by atoms with Crippen molar-refractivity contribution >= 4 is 16.9 Å². The Bertz CT molecular complexity index is 981. The molecule has 0 bridgehead atoms. The van der Waals surface area contributed by atoms with Crippen molar-refractivity contribution in [1.82, 2.24) is 15.3 Å². The van der Waals surface area contributed by atoms with Crippen molar-refractivity contribution in [3.8, 4) is 11.3 Å². The van der Waals surface area contributed by atoms with Crippen LogP contribution < -0.4 is 10.2 Å². The van der Waals surface area contributed by atoms with Gasteiger partial charge >= 0.3 is 6.18 Å². The van der Waals surface area contributed by atoms with Crippen LogP contribution in [0.25, 0.3) is 22.2 Å². The fourth-order valence-electron chi connectivity index (χ4n) is 3.24. The number of aromatic nitrogens is 2. The van der Waals surface area contributed by atoms with Crippen molar-refractivity contribution < 1.29 is 17.6 Å². The highest BCUT2D eigenvalue weighted by Gasteiger charge is 2.34. The number of hydrogen-bond donors (Lipinski definition) is 1. The Balaban J connectivity index is 1.97. The first-order chi connectivity index (χ1) is 12.9. The Labute approximate surface area is 152 Å². The van der Waals surface area contributed by atoms with Gasteiger partial charge in [-0.3, -0.25) is 0 Å². The van der Waals surface area contributed by atoms with Gasteiger partial charge in [0.25, 0.3) is 0 Å². The van der Waals surface area contributed by atoms with Crippen LogP contribution in [0.5, 0.6) is 0 Å². The summed E-state index contributed by atoms with van der Waals surface area (Å²) in [6.45, 7) is 2.69. The van der Waals surface area contributed by atoms with Crippen molar-refractivity contribution in [1.29, 1.82) is 0 Å². The predicted molar refractivity (Wildman–Crippen MR) is 95.0 cm³/mol. The number of hydrogen-bond acceptors (Lipinski definition) is 4. The minimum atomic E-state index is -4.52. The SMILES string of the molecule is Fc1ccc2c(-c3ccccc3C(F)(F)F)nc(N3CCNCC3)nc2c1. The van der Waals surface area contributed by atoms with Crippen LogP contribution in [0.2, 0.25) is 0 Å². The van der Waals surface area contributed by atoms with Gasteiger partial charge < -0.3 is 10.2 Å². The van der Waals surface area contributed by atoms with Gasteiger partial charge in [0.2, 0.25) is 5.95 Å². The Morgan fingerprint density at radius 3 is 2.44 bits per heavy atom. The van der Waals surface area contributed by atoms with E-state index in [0.29, 0.717) is 24.4 Å². The molecule has 4 rings (SSSR count). The quantitative estimate of drug-likeness (QED) is 0.690. The van der Waals surface area contributed by atoms with E-state index >= 15 is 0 Å². The smallest absolute Gasteiger partial charge is 0.338 e. The Hall–Kier alpha value is -2.74. The molecular weight excluding hydrogens is 360 g/mol. The molecule has 27 heavy (non-hydrogen) atoms. The highest BCUT2D eigenvalue weighted by Crippen LogP contribution is 2.39. The van der Waals surface area contributed by atoms with Crippen LogP contribution in [-0.4, -0.2) is 36.1 Å². The third-order valence-corrected chi connectivity index (χ3v) is 4.53. The lowest BCUT2D eigenvalue weighted by molar-refractivity contribution is -0.137. The lowest BCUT2D eigenvalue weighted by Gasteiger charge is -2.28. The largest absolute Gasteiger partial charge is 0.417 e. The molecule has 1 aliphatic rings. The summed E-state index contributed by atoms with van der Waals surface area (Å²) in [5.74, 6) is -0.191. The highest BCUT2D eigenvalue weighted by atomic mass is 19.4. The van der Waals surface area contributed by atoms with Gasteiger partial charge in [0, 0.05) is 43.2 Å². The van der Waals surface area contributed by atoms with Crippen LogP contribution in [0.15, 0.2) is 42.5 Å². The molecule has 1 aliphatic heterocycles. The van der Waals surface area contributed by atoms with Crippen LogP contribution in [0.1, 0.15) is 5.56 Å². The molecule has 3 aromatic rings. The number of rotatable bonds is 2. The molecular formula is C19H16F4N4. The highest BCUT2D eigenvalue weighted by molar-refractivity contribution is 5.94. The third-order valence-electron chi connectivity index (χ3n) is 4.53. The van der Waals surface area contributed by atoms with Crippen molar-refractivity contribution in [2.24, 2.45) is 0 Å². The van der Waals surface area contributed by atoms with E-state index in [1.54, 1.807) is 0 Å². The van der Waals surface area contributed by atoms with Gasteiger partial charge in [-0.1, -0.05) is 18.2 Å². The zero-order valence-corrected chi connectivity index (χ0v) is 14.2. The number of nitrogens with one attached hydrogen (secondary N) is 1. The number of halogens is 4. The minimum absolute atomic E-state index is 0.0413. The summed E-state index contributed by atoms with van der Waals surface area (Å²) in [4.78, 5) is 10.8. The molecule has 0 amide bonds. The standard InChI is InChI=1S/C19H16F4N4/c20-12-5-6-14-16(11-12)25-18(27-9-7-24-8-10-27)26-17(14)13-3-1-2-4-15(13)19(21,22)23/h1-6,11,24H,7-10H2. The second-order valence-electron chi connectivity index (χ2n) is 6.31. The van der Waals surface area contributed by atoms with Crippen molar-refractivity contribution in [3.05, 3.63) is 53.8 Å². The fourth-order valence-corrected chi connectivity index (χ4v) is 3.24. The van der Waals surface area contributed by atoms with Gasteiger partial charge in [0.15, 0.2) is 0 Å². The summed E-state index contributed by atoms with van der Waals surface area (Å²) in [6.07, 6.45) is -4.52. The van der Waals surface area contributed by atoms with E-state index < -0.39 is 17.6 Å². The van der Waals surface area contributed by atoms with Crippen LogP contribution in [-0.2, 0) is 6.18 Å². The summed E-state index contributed by atoms with van der Waals surface area (Å²) in [5.41, 5.74) is -0.382. The van der Waals surface area contributed by atoms with Gasteiger partial charge in [-0.15, -0.1) is 0 Å². The molecule has 0 spiro atoms. The topological polar surface area (TPSA) is 41.1 Å². The molecule has 1 saturated heterocycles. The summed E-state index contributed by atoms with van der Waals surface area (Å²) in [7, 11) is 0. The van der Waals surface area contributed by atoms with E-state index in [-0.39, 0.29) is 16.8 Å². The van der Waals surface area contributed by atoms with E-state index in [0.717, 1.165) is 19.2 Å². The molecule has 1 aromatic heterocycles. The molecule has 8 heteroatoms. The summed E-state index contributed by atoms with van der Waals surface area (Å²) < 4.78 is 54.3. The van der Waals surface area contributed by atoms with Gasteiger partial charge in [0.1, 0.15) is 5.82 Å². The number of benzene rings is 2. The van der Waals surface area contributed by atoms with Crippen molar-refractivity contribution in [2.45, 2.75) is 6.18 Å².